The van der Waals surface area contributed by atoms with E-state index in [2.05, 4.69) is 10.3 Å². The van der Waals surface area contributed by atoms with E-state index in [9.17, 15) is 10.1 Å². The van der Waals surface area contributed by atoms with Gasteiger partial charge < -0.3 is 5.32 Å². The molecular weight excluding hydrogens is 230 g/mol. The lowest BCUT2D eigenvalue weighted by Gasteiger charge is -1.98. The van der Waals surface area contributed by atoms with Crippen molar-refractivity contribution in [2.45, 2.75) is 0 Å². The Morgan fingerprint density at radius 2 is 1.72 bits per heavy atom. The van der Waals surface area contributed by atoms with Crippen molar-refractivity contribution >= 4 is 23.4 Å². The molecule has 5 heteroatoms. The highest BCUT2D eigenvalue weighted by atomic mass is 16.6. The van der Waals surface area contributed by atoms with Crippen LogP contribution in [0.3, 0.4) is 0 Å². The highest BCUT2D eigenvalue weighted by molar-refractivity contribution is 5.77. The molecule has 0 amide bonds. The van der Waals surface area contributed by atoms with Gasteiger partial charge in [0.05, 0.1) is 16.9 Å². The average Bonchev–Trinajstić information content (AvgIpc) is 2.40. The largest absolute Gasteiger partial charge is 0.346 e. The highest BCUT2D eigenvalue weighted by Crippen LogP contribution is 2.17. The number of para-hydroxylation sites is 1. The molecule has 0 fully saturated rings. The number of nitrogens with zero attached hydrogens (tertiary/aromatic N) is 2. The van der Waals surface area contributed by atoms with Crippen LogP contribution in [0.4, 0.5) is 17.1 Å². The Bertz CT molecular complexity index is 550. The molecule has 90 valence electrons. The van der Waals surface area contributed by atoms with E-state index in [1.807, 2.05) is 30.3 Å². The fraction of sp³-hybridized carbons (Fsp3) is 0. The van der Waals surface area contributed by atoms with Gasteiger partial charge in [-0.3, -0.25) is 10.1 Å². The molecule has 0 saturated heterocycles. The number of hydrogen-bond acceptors (Lipinski definition) is 3. The van der Waals surface area contributed by atoms with E-state index >= 15 is 0 Å². The SMILES string of the molecule is O=[N+]([O-])c1ccc(N=CNc2ccccc2)cc1. The van der Waals surface area contributed by atoms with Crippen LogP contribution in [0, 0.1) is 10.1 Å². The highest BCUT2D eigenvalue weighted by Gasteiger charge is 2.02. The molecule has 2 aromatic carbocycles. The topological polar surface area (TPSA) is 67.5 Å². The smallest absolute Gasteiger partial charge is 0.269 e. The van der Waals surface area contributed by atoms with E-state index in [4.69, 9.17) is 0 Å². The van der Waals surface area contributed by atoms with Crippen LogP contribution < -0.4 is 5.32 Å². The van der Waals surface area contributed by atoms with Crippen LogP contribution in [0.2, 0.25) is 0 Å². The van der Waals surface area contributed by atoms with E-state index in [1.54, 1.807) is 18.5 Å². The van der Waals surface area contributed by atoms with Crippen LogP contribution in [0.5, 0.6) is 0 Å². The normalized spacial score (nSPS) is 10.4. The average molecular weight is 241 g/mol. The van der Waals surface area contributed by atoms with Crippen molar-refractivity contribution in [1.82, 2.24) is 0 Å². The summed E-state index contributed by atoms with van der Waals surface area (Å²) in [6.45, 7) is 0. The molecule has 0 heterocycles. The summed E-state index contributed by atoms with van der Waals surface area (Å²) >= 11 is 0. The Morgan fingerprint density at radius 3 is 2.33 bits per heavy atom. The number of benzene rings is 2. The van der Waals surface area contributed by atoms with Crippen LogP contribution in [0.25, 0.3) is 0 Å². The molecule has 1 N–H and O–H groups in total. The van der Waals surface area contributed by atoms with E-state index in [-0.39, 0.29) is 5.69 Å². The molecule has 0 aliphatic rings. The number of anilines is 1. The summed E-state index contributed by atoms with van der Waals surface area (Å²) in [5, 5.41) is 13.5. The van der Waals surface area contributed by atoms with E-state index in [0.717, 1.165) is 5.69 Å². The number of non-ortho nitro benzene ring substituents is 1. The van der Waals surface area contributed by atoms with Gasteiger partial charge in [0.1, 0.15) is 0 Å². The summed E-state index contributed by atoms with van der Waals surface area (Å²) in [6.07, 6.45) is 1.55. The van der Waals surface area contributed by atoms with Crippen LogP contribution in [-0.2, 0) is 0 Å². The Hall–Kier alpha value is -2.69. The predicted molar refractivity (Wildman–Crippen MR) is 71.3 cm³/mol. The molecule has 0 unspecified atom stereocenters. The summed E-state index contributed by atoms with van der Waals surface area (Å²) in [7, 11) is 0. The van der Waals surface area contributed by atoms with Crippen molar-refractivity contribution in [3.8, 4) is 0 Å². The maximum Gasteiger partial charge on any atom is 0.269 e. The van der Waals surface area contributed by atoms with Gasteiger partial charge in [-0.05, 0) is 24.3 Å². The minimum absolute atomic E-state index is 0.0602. The van der Waals surface area contributed by atoms with Crippen LogP contribution in [0.1, 0.15) is 0 Å². The third kappa shape index (κ3) is 3.15. The molecule has 0 saturated carbocycles. The zero-order valence-electron chi connectivity index (χ0n) is 9.48. The predicted octanol–water partition coefficient (Wildman–Crippen LogP) is 3.37. The first-order valence-corrected chi connectivity index (χ1v) is 5.34. The number of hydrogen-bond donors (Lipinski definition) is 1. The number of nitro groups is 1. The second-order valence-electron chi connectivity index (χ2n) is 3.54. The summed E-state index contributed by atoms with van der Waals surface area (Å²) in [6, 6.07) is 15.7. The number of aliphatic imine (C=N–C) groups is 1. The molecule has 2 rings (SSSR count). The fourth-order valence-electron chi connectivity index (χ4n) is 1.38. The maximum atomic E-state index is 10.5. The summed E-state index contributed by atoms with van der Waals surface area (Å²) < 4.78 is 0. The molecule has 2 aromatic rings. The lowest BCUT2D eigenvalue weighted by Crippen LogP contribution is -1.93. The summed E-state index contributed by atoms with van der Waals surface area (Å²) in [5.74, 6) is 0. The van der Waals surface area contributed by atoms with Gasteiger partial charge in [0, 0.05) is 17.8 Å². The monoisotopic (exact) mass is 241 g/mol. The van der Waals surface area contributed by atoms with E-state index < -0.39 is 4.92 Å². The second-order valence-corrected chi connectivity index (χ2v) is 3.54. The van der Waals surface area contributed by atoms with E-state index in [1.165, 1.54) is 12.1 Å². The van der Waals surface area contributed by atoms with Crippen molar-refractivity contribution in [3.63, 3.8) is 0 Å². The minimum atomic E-state index is -0.435. The molecule has 0 atom stereocenters. The molecular formula is C13H11N3O2. The first-order chi connectivity index (χ1) is 8.75. The van der Waals surface area contributed by atoms with Crippen molar-refractivity contribution in [2.24, 2.45) is 4.99 Å². The number of nitrogens with one attached hydrogen (secondary N) is 1. The first kappa shape index (κ1) is 11.8. The van der Waals surface area contributed by atoms with Crippen LogP contribution >= 0.6 is 0 Å². The van der Waals surface area contributed by atoms with Crippen molar-refractivity contribution in [3.05, 3.63) is 64.7 Å². The molecule has 18 heavy (non-hydrogen) atoms. The number of rotatable bonds is 4. The van der Waals surface area contributed by atoms with Gasteiger partial charge in [-0.2, -0.15) is 0 Å². The molecule has 0 aliphatic heterocycles. The van der Waals surface area contributed by atoms with E-state index in [0.29, 0.717) is 5.69 Å². The number of nitro benzene ring substituents is 1. The van der Waals surface area contributed by atoms with Crippen molar-refractivity contribution < 1.29 is 4.92 Å². The standard InChI is InChI=1S/C13H11N3O2/c17-16(18)13-8-6-12(7-9-13)15-10-14-11-4-2-1-3-5-11/h1-10H,(H,14,15). The Kier molecular flexibility index (Phi) is 3.66. The molecule has 0 spiro atoms. The van der Waals surface area contributed by atoms with Gasteiger partial charge in [-0.15, -0.1) is 0 Å². The Morgan fingerprint density at radius 1 is 1.06 bits per heavy atom. The molecule has 0 bridgehead atoms. The van der Waals surface area contributed by atoms with Crippen LogP contribution in [-0.4, -0.2) is 11.3 Å². The van der Waals surface area contributed by atoms with Gasteiger partial charge in [0.25, 0.3) is 5.69 Å². The van der Waals surface area contributed by atoms with Gasteiger partial charge in [0.2, 0.25) is 0 Å². The third-order valence-corrected chi connectivity index (χ3v) is 2.28. The molecule has 0 radical (unpaired) electrons. The fourth-order valence-corrected chi connectivity index (χ4v) is 1.38. The first-order valence-electron chi connectivity index (χ1n) is 5.34. The lowest BCUT2D eigenvalue weighted by molar-refractivity contribution is -0.384. The quantitative estimate of drug-likeness (QED) is 0.386. The van der Waals surface area contributed by atoms with Crippen LogP contribution in [0.15, 0.2) is 59.6 Å². The summed E-state index contributed by atoms with van der Waals surface area (Å²) in [5.41, 5.74) is 1.65. The minimum Gasteiger partial charge on any atom is -0.346 e. The lowest BCUT2D eigenvalue weighted by atomic mass is 10.3. The molecule has 5 nitrogen and oxygen atoms in total. The van der Waals surface area contributed by atoms with Gasteiger partial charge >= 0.3 is 0 Å². The maximum absolute atomic E-state index is 10.5. The van der Waals surface area contributed by atoms with Gasteiger partial charge in [-0.25, -0.2) is 4.99 Å². The van der Waals surface area contributed by atoms with Gasteiger partial charge in [-0.1, -0.05) is 18.2 Å². The van der Waals surface area contributed by atoms with Crippen molar-refractivity contribution in [1.29, 1.82) is 0 Å². The second kappa shape index (κ2) is 5.58. The zero-order valence-corrected chi connectivity index (χ0v) is 9.48. The Labute approximate surface area is 104 Å². The molecule has 0 aliphatic carbocycles. The van der Waals surface area contributed by atoms with Gasteiger partial charge in [0.15, 0.2) is 0 Å². The summed E-state index contributed by atoms with van der Waals surface area (Å²) in [4.78, 5) is 14.2. The molecule has 0 aromatic heterocycles. The Balaban J connectivity index is 1.99. The van der Waals surface area contributed by atoms with Crippen molar-refractivity contribution in [2.75, 3.05) is 5.32 Å². The zero-order chi connectivity index (χ0) is 12.8. The third-order valence-electron chi connectivity index (χ3n) is 2.28.